The maximum Gasteiger partial charge on any atom is 0.260 e. The van der Waals surface area contributed by atoms with Gasteiger partial charge in [0.2, 0.25) is 0 Å². The third-order valence-electron chi connectivity index (χ3n) is 4.61. The molecule has 5 nitrogen and oxygen atoms in total. The van der Waals surface area contributed by atoms with Crippen LogP contribution in [0.15, 0.2) is 54.6 Å². The Morgan fingerprint density at radius 2 is 1.69 bits per heavy atom. The van der Waals surface area contributed by atoms with E-state index >= 15 is 0 Å². The van der Waals surface area contributed by atoms with E-state index in [2.05, 4.69) is 17.0 Å². The Labute approximate surface area is 155 Å². The van der Waals surface area contributed by atoms with E-state index in [1.54, 1.807) is 7.11 Å². The Kier molecular flexibility index (Phi) is 6.50. The van der Waals surface area contributed by atoms with Gasteiger partial charge in [-0.25, -0.2) is 0 Å². The molecule has 1 aliphatic rings. The Bertz CT molecular complexity index is 688. The van der Waals surface area contributed by atoms with Crippen LogP contribution in [0.4, 0.5) is 0 Å². The average molecular weight is 354 g/mol. The van der Waals surface area contributed by atoms with Crippen LogP contribution in [0.25, 0.3) is 0 Å². The number of benzene rings is 2. The van der Waals surface area contributed by atoms with Crippen molar-refractivity contribution in [3.8, 4) is 11.5 Å². The molecule has 0 saturated carbocycles. The number of carbonyl (C=O) groups is 1. The van der Waals surface area contributed by atoms with Gasteiger partial charge in [-0.2, -0.15) is 0 Å². The summed E-state index contributed by atoms with van der Waals surface area (Å²) in [4.78, 5) is 16.7. The predicted octanol–water partition coefficient (Wildman–Crippen LogP) is 2.81. The lowest BCUT2D eigenvalue weighted by atomic mass is 10.2. The predicted molar refractivity (Wildman–Crippen MR) is 101 cm³/mol. The van der Waals surface area contributed by atoms with Gasteiger partial charge in [-0.15, -0.1) is 0 Å². The Morgan fingerprint density at radius 3 is 2.42 bits per heavy atom. The van der Waals surface area contributed by atoms with E-state index in [9.17, 15) is 4.79 Å². The van der Waals surface area contributed by atoms with Crippen LogP contribution >= 0.6 is 0 Å². The molecule has 0 N–H and O–H groups in total. The molecule has 0 bridgehead atoms. The van der Waals surface area contributed by atoms with Crippen LogP contribution in [0.3, 0.4) is 0 Å². The summed E-state index contributed by atoms with van der Waals surface area (Å²) in [5.74, 6) is 1.66. The van der Waals surface area contributed by atoms with Crippen molar-refractivity contribution in [3.63, 3.8) is 0 Å². The maximum absolute atomic E-state index is 12.4. The standard InChI is InChI=1S/C21H26N2O3/c1-25-19-10-8-18(9-11-19)16-22-12-5-13-23(15-14-22)21(24)17-26-20-6-3-2-4-7-20/h2-4,6-11H,5,12-17H2,1H3. The van der Waals surface area contributed by atoms with Crippen molar-refractivity contribution in [2.24, 2.45) is 0 Å². The first-order valence-electron chi connectivity index (χ1n) is 9.05. The van der Waals surface area contributed by atoms with Gasteiger partial charge in [0.05, 0.1) is 7.11 Å². The van der Waals surface area contributed by atoms with Gasteiger partial charge in [0, 0.05) is 32.7 Å². The largest absolute Gasteiger partial charge is 0.497 e. The zero-order valence-corrected chi connectivity index (χ0v) is 15.3. The molecular formula is C21H26N2O3. The SMILES string of the molecule is COc1ccc(CN2CCCN(C(=O)COc3ccccc3)CC2)cc1. The molecule has 0 atom stereocenters. The van der Waals surface area contributed by atoms with E-state index in [1.807, 2.05) is 47.4 Å². The summed E-state index contributed by atoms with van der Waals surface area (Å²) in [6, 6.07) is 17.7. The van der Waals surface area contributed by atoms with E-state index in [1.165, 1.54) is 5.56 Å². The topological polar surface area (TPSA) is 42.0 Å². The molecular weight excluding hydrogens is 328 g/mol. The van der Waals surface area contributed by atoms with Gasteiger partial charge in [0.15, 0.2) is 6.61 Å². The quantitative estimate of drug-likeness (QED) is 0.800. The highest BCUT2D eigenvalue weighted by Crippen LogP contribution is 2.14. The highest BCUT2D eigenvalue weighted by molar-refractivity contribution is 5.77. The van der Waals surface area contributed by atoms with Gasteiger partial charge in [-0.05, 0) is 36.2 Å². The van der Waals surface area contributed by atoms with Gasteiger partial charge in [0.1, 0.15) is 11.5 Å². The number of nitrogens with zero attached hydrogens (tertiary/aromatic N) is 2. The first kappa shape index (κ1) is 18.3. The third-order valence-corrected chi connectivity index (χ3v) is 4.61. The minimum Gasteiger partial charge on any atom is -0.497 e. The van der Waals surface area contributed by atoms with Gasteiger partial charge in [-0.1, -0.05) is 30.3 Å². The molecule has 0 spiro atoms. The lowest BCUT2D eigenvalue weighted by Gasteiger charge is -2.22. The van der Waals surface area contributed by atoms with Crippen molar-refractivity contribution in [3.05, 3.63) is 60.2 Å². The number of hydrogen-bond donors (Lipinski definition) is 0. The molecule has 2 aromatic carbocycles. The van der Waals surface area contributed by atoms with Crippen LogP contribution in [0.2, 0.25) is 0 Å². The van der Waals surface area contributed by atoms with Crippen LogP contribution in [0.5, 0.6) is 11.5 Å². The van der Waals surface area contributed by atoms with E-state index in [0.29, 0.717) is 0 Å². The number of hydrogen-bond acceptors (Lipinski definition) is 4. The van der Waals surface area contributed by atoms with Gasteiger partial charge in [0.25, 0.3) is 5.91 Å². The van der Waals surface area contributed by atoms with Gasteiger partial charge < -0.3 is 14.4 Å². The summed E-state index contributed by atoms with van der Waals surface area (Å²) in [7, 11) is 1.68. The molecule has 1 heterocycles. The molecule has 0 unspecified atom stereocenters. The van der Waals surface area contributed by atoms with E-state index in [0.717, 1.165) is 50.6 Å². The second-order valence-electron chi connectivity index (χ2n) is 6.46. The highest BCUT2D eigenvalue weighted by atomic mass is 16.5. The van der Waals surface area contributed by atoms with Gasteiger partial charge in [-0.3, -0.25) is 9.69 Å². The number of methoxy groups -OCH3 is 1. The minimum absolute atomic E-state index is 0.0557. The van der Waals surface area contributed by atoms with E-state index < -0.39 is 0 Å². The molecule has 1 aliphatic heterocycles. The molecule has 0 aromatic heterocycles. The third kappa shape index (κ3) is 5.23. The molecule has 2 aromatic rings. The summed E-state index contributed by atoms with van der Waals surface area (Å²) in [5, 5.41) is 0. The zero-order chi connectivity index (χ0) is 18.2. The fourth-order valence-electron chi connectivity index (χ4n) is 3.12. The van der Waals surface area contributed by atoms with Crippen LogP contribution in [0.1, 0.15) is 12.0 Å². The highest BCUT2D eigenvalue weighted by Gasteiger charge is 2.19. The molecule has 5 heteroatoms. The lowest BCUT2D eigenvalue weighted by molar-refractivity contribution is -0.133. The Morgan fingerprint density at radius 1 is 0.923 bits per heavy atom. The average Bonchev–Trinajstić information content (AvgIpc) is 2.93. The molecule has 0 radical (unpaired) electrons. The molecule has 138 valence electrons. The fourth-order valence-corrected chi connectivity index (χ4v) is 3.12. The number of carbonyl (C=O) groups excluding carboxylic acids is 1. The minimum atomic E-state index is 0.0557. The molecule has 1 amide bonds. The van der Waals surface area contributed by atoms with Crippen molar-refractivity contribution in [2.45, 2.75) is 13.0 Å². The van der Waals surface area contributed by atoms with Crippen LogP contribution in [0, 0.1) is 0 Å². The molecule has 26 heavy (non-hydrogen) atoms. The molecule has 3 rings (SSSR count). The zero-order valence-electron chi connectivity index (χ0n) is 15.3. The summed E-state index contributed by atoms with van der Waals surface area (Å²) in [6.45, 7) is 4.40. The van der Waals surface area contributed by atoms with Crippen LogP contribution in [-0.2, 0) is 11.3 Å². The molecule has 1 fully saturated rings. The molecule has 0 aliphatic carbocycles. The number of amides is 1. The van der Waals surface area contributed by atoms with E-state index in [-0.39, 0.29) is 12.5 Å². The number of rotatable bonds is 6. The Balaban J connectivity index is 1.47. The van der Waals surface area contributed by atoms with Crippen molar-refractivity contribution < 1.29 is 14.3 Å². The monoisotopic (exact) mass is 354 g/mol. The van der Waals surface area contributed by atoms with Crippen molar-refractivity contribution in [1.29, 1.82) is 0 Å². The summed E-state index contributed by atoms with van der Waals surface area (Å²) >= 11 is 0. The maximum atomic E-state index is 12.4. The first-order chi connectivity index (χ1) is 12.7. The molecule has 1 saturated heterocycles. The van der Waals surface area contributed by atoms with Crippen LogP contribution < -0.4 is 9.47 Å². The van der Waals surface area contributed by atoms with Crippen LogP contribution in [-0.4, -0.2) is 55.6 Å². The summed E-state index contributed by atoms with van der Waals surface area (Å²) in [6.07, 6.45) is 0.979. The second kappa shape index (κ2) is 9.25. The lowest BCUT2D eigenvalue weighted by Crippen LogP contribution is -2.38. The Hall–Kier alpha value is -2.53. The van der Waals surface area contributed by atoms with Crippen molar-refractivity contribution in [1.82, 2.24) is 9.80 Å². The normalized spacial score (nSPS) is 15.3. The second-order valence-corrected chi connectivity index (χ2v) is 6.46. The summed E-state index contributed by atoms with van der Waals surface area (Å²) in [5.41, 5.74) is 1.26. The van der Waals surface area contributed by atoms with Crippen molar-refractivity contribution >= 4 is 5.91 Å². The van der Waals surface area contributed by atoms with Crippen molar-refractivity contribution in [2.75, 3.05) is 39.9 Å². The first-order valence-corrected chi connectivity index (χ1v) is 9.05. The smallest absolute Gasteiger partial charge is 0.260 e. The van der Waals surface area contributed by atoms with E-state index in [4.69, 9.17) is 9.47 Å². The number of ether oxygens (including phenoxy) is 2. The number of para-hydroxylation sites is 1. The van der Waals surface area contributed by atoms with Gasteiger partial charge >= 0.3 is 0 Å². The summed E-state index contributed by atoms with van der Waals surface area (Å²) < 4.78 is 10.8. The fraction of sp³-hybridized carbons (Fsp3) is 0.381.